The highest BCUT2D eigenvalue weighted by Gasteiger charge is 2.31. The van der Waals surface area contributed by atoms with Gasteiger partial charge in [-0.2, -0.15) is 0 Å². The number of likely N-dealkylation sites (N-methyl/N-ethyl adjacent to an activating group) is 1. The fourth-order valence-electron chi connectivity index (χ4n) is 2.66. The molecule has 1 fully saturated rings. The quantitative estimate of drug-likeness (QED) is 0.757. The molecular weight excluding hydrogens is 226 g/mol. The maximum absolute atomic E-state index is 10.1. The first kappa shape index (κ1) is 15.9. The highest BCUT2D eigenvalue weighted by molar-refractivity contribution is 4.87. The molecule has 1 heterocycles. The van der Waals surface area contributed by atoms with Gasteiger partial charge in [-0.1, -0.05) is 6.92 Å². The van der Waals surface area contributed by atoms with Gasteiger partial charge in [0, 0.05) is 37.8 Å². The number of hydrogen-bond donors (Lipinski definition) is 2. The van der Waals surface area contributed by atoms with E-state index >= 15 is 0 Å². The van der Waals surface area contributed by atoms with Crippen molar-refractivity contribution in [1.29, 1.82) is 0 Å². The van der Waals surface area contributed by atoms with Crippen molar-refractivity contribution in [3.63, 3.8) is 0 Å². The molecule has 0 saturated carbocycles. The van der Waals surface area contributed by atoms with Gasteiger partial charge in [0.1, 0.15) is 0 Å². The molecule has 1 aliphatic rings. The smallest absolute Gasteiger partial charge is 0.0791 e. The van der Waals surface area contributed by atoms with Crippen LogP contribution in [0.5, 0.6) is 0 Å². The van der Waals surface area contributed by atoms with Crippen LogP contribution in [0.15, 0.2) is 0 Å². The van der Waals surface area contributed by atoms with Gasteiger partial charge in [0.25, 0.3) is 0 Å². The topological polar surface area (TPSA) is 38.7 Å². The van der Waals surface area contributed by atoms with Gasteiger partial charge in [0.15, 0.2) is 0 Å². The Balaban J connectivity index is 2.31. The summed E-state index contributed by atoms with van der Waals surface area (Å²) < 4.78 is 0. The second kappa shape index (κ2) is 6.33. The Labute approximate surface area is 112 Å². The maximum atomic E-state index is 10.1. The van der Waals surface area contributed by atoms with Crippen LogP contribution in [0.1, 0.15) is 27.7 Å². The fraction of sp³-hybridized carbons (Fsp3) is 1.00. The highest BCUT2D eigenvalue weighted by atomic mass is 16.3. The molecule has 0 aromatic carbocycles. The Morgan fingerprint density at radius 3 is 2.39 bits per heavy atom. The summed E-state index contributed by atoms with van der Waals surface area (Å²) in [6.07, 6.45) is -0.280. The van der Waals surface area contributed by atoms with E-state index in [9.17, 15) is 5.11 Å². The van der Waals surface area contributed by atoms with E-state index in [4.69, 9.17) is 0 Å². The average molecular weight is 257 g/mol. The average Bonchev–Trinajstić information content (AvgIpc) is 2.55. The van der Waals surface area contributed by atoms with Crippen LogP contribution in [-0.4, -0.2) is 72.9 Å². The first-order valence-electron chi connectivity index (χ1n) is 7.01. The largest absolute Gasteiger partial charge is 0.390 e. The molecule has 3 atom stereocenters. The monoisotopic (exact) mass is 257 g/mol. The molecule has 1 rings (SSSR count). The van der Waals surface area contributed by atoms with Crippen molar-refractivity contribution < 1.29 is 5.11 Å². The van der Waals surface area contributed by atoms with Gasteiger partial charge in [-0.25, -0.2) is 0 Å². The first-order chi connectivity index (χ1) is 8.19. The van der Waals surface area contributed by atoms with Crippen molar-refractivity contribution in [3.8, 4) is 0 Å². The number of nitrogens with zero attached hydrogens (tertiary/aromatic N) is 2. The molecule has 0 spiro atoms. The predicted molar refractivity (Wildman–Crippen MR) is 76.8 cm³/mol. The third-order valence-electron chi connectivity index (χ3n) is 3.65. The van der Waals surface area contributed by atoms with Crippen molar-refractivity contribution in [2.75, 3.05) is 40.3 Å². The van der Waals surface area contributed by atoms with Crippen LogP contribution in [0.4, 0.5) is 0 Å². The number of hydrogen-bond acceptors (Lipinski definition) is 4. The van der Waals surface area contributed by atoms with Crippen molar-refractivity contribution in [2.24, 2.45) is 5.92 Å². The summed E-state index contributed by atoms with van der Waals surface area (Å²) in [6.45, 7) is 12.3. The van der Waals surface area contributed by atoms with Gasteiger partial charge < -0.3 is 15.3 Å². The molecule has 18 heavy (non-hydrogen) atoms. The minimum Gasteiger partial charge on any atom is -0.390 e. The number of nitrogens with one attached hydrogen (secondary N) is 1. The maximum Gasteiger partial charge on any atom is 0.0791 e. The van der Waals surface area contributed by atoms with Crippen LogP contribution in [-0.2, 0) is 0 Å². The van der Waals surface area contributed by atoms with Crippen LogP contribution in [0, 0.1) is 5.92 Å². The number of β-amino-alcohol motifs (C(OH)–C–C–N with tert-alkyl or cyclic N) is 1. The van der Waals surface area contributed by atoms with Crippen LogP contribution in [0.25, 0.3) is 0 Å². The molecule has 4 nitrogen and oxygen atoms in total. The number of aliphatic hydroxyl groups excluding tert-OH is 1. The summed E-state index contributed by atoms with van der Waals surface area (Å²) in [4.78, 5) is 4.68. The normalized spacial score (nSPS) is 28.0. The number of aliphatic hydroxyl groups is 1. The van der Waals surface area contributed by atoms with Crippen LogP contribution >= 0.6 is 0 Å². The molecule has 3 unspecified atom stereocenters. The lowest BCUT2D eigenvalue weighted by Gasteiger charge is -2.26. The SMILES string of the molecule is CC1CN(CC(O)CNC(C)(C)C)CC1N(C)C. The molecule has 0 aromatic rings. The summed E-state index contributed by atoms with van der Waals surface area (Å²) in [5.74, 6) is 0.683. The van der Waals surface area contributed by atoms with Crippen molar-refractivity contribution in [1.82, 2.24) is 15.1 Å². The zero-order chi connectivity index (χ0) is 13.9. The molecule has 0 aromatic heterocycles. The van der Waals surface area contributed by atoms with Crippen LogP contribution in [0.3, 0.4) is 0 Å². The van der Waals surface area contributed by atoms with Crippen molar-refractivity contribution in [3.05, 3.63) is 0 Å². The van der Waals surface area contributed by atoms with Gasteiger partial charge in [0.05, 0.1) is 6.10 Å². The lowest BCUT2D eigenvalue weighted by Crippen LogP contribution is -2.44. The zero-order valence-electron chi connectivity index (χ0n) is 12.9. The van der Waals surface area contributed by atoms with Crippen molar-refractivity contribution >= 4 is 0 Å². The second-order valence-electron chi connectivity index (χ2n) is 7.01. The molecule has 0 amide bonds. The summed E-state index contributed by atoms with van der Waals surface area (Å²) in [5, 5.41) is 13.4. The summed E-state index contributed by atoms with van der Waals surface area (Å²) in [7, 11) is 4.28. The van der Waals surface area contributed by atoms with E-state index in [1.165, 1.54) is 0 Å². The third kappa shape index (κ3) is 5.22. The van der Waals surface area contributed by atoms with E-state index in [0.717, 1.165) is 19.6 Å². The molecule has 0 bridgehead atoms. The Bertz CT molecular complexity index is 250. The van der Waals surface area contributed by atoms with E-state index < -0.39 is 0 Å². The van der Waals surface area contributed by atoms with E-state index in [2.05, 4.69) is 56.9 Å². The highest BCUT2D eigenvalue weighted by Crippen LogP contribution is 2.19. The molecule has 2 N–H and O–H groups in total. The Morgan fingerprint density at radius 1 is 1.33 bits per heavy atom. The minimum atomic E-state index is -0.280. The molecule has 1 saturated heterocycles. The molecule has 4 heteroatoms. The van der Waals surface area contributed by atoms with Gasteiger partial charge in [0.2, 0.25) is 0 Å². The van der Waals surface area contributed by atoms with E-state index in [-0.39, 0.29) is 11.6 Å². The van der Waals surface area contributed by atoms with Gasteiger partial charge in [-0.05, 0) is 40.8 Å². The van der Waals surface area contributed by atoms with Crippen LogP contribution in [0.2, 0.25) is 0 Å². The lowest BCUT2D eigenvalue weighted by molar-refractivity contribution is 0.113. The Morgan fingerprint density at radius 2 is 1.94 bits per heavy atom. The van der Waals surface area contributed by atoms with E-state index in [0.29, 0.717) is 18.5 Å². The fourth-order valence-corrected chi connectivity index (χ4v) is 2.66. The van der Waals surface area contributed by atoms with E-state index in [1.807, 2.05) is 0 Å². The first-order valence-corrected chi connectivity index (χ1v) is 7.01. The van der Waals surface area contributed by atoms with Crippen molar-refractivity contribution in [2.45, 2.75) is 45.4 Å². The minimum absolute atomic E-state index is 0.0749. The summed E-state index contributed by atoms with van der Waals surface area (Å²) in [6, 6.07) is 0.618. The second-order valence-corrected chi connectivity index (χ2v) is 7.01. The van der Waals surface area contributed by atoms with Gasteiger partial charge >= 0.3 is 0 Å². The van der Waals surface area contributed by atoms with E-state index in [1.54, 1.807) is 0 Å². The Kier molecular flexibility index (Phi) is 5.59. The summed E-state index contributed by atoms with van der Waals surface area (Å²) >= 11 is 0. The summed E-state index contributed by atoms with van der Waals surface area (Å²) in [5.41, 5.74) is 0.0749. The Hall–Kier alpha value is -0.160. The molecule has 0 aliphatic carbocycles. The number of likely N-dealkylation sites (tertiary alicyclic amines) is 1. The molecule has 0 radical (unpaired) electrons. The van der Waals surface area contributed by atoms with Gasteiger partial charge in [-0.15, -0.1) is 0 Å². The molecule has 108 valence electrons. The van der Waals surface area contributed by atoms with Crippen LogP contribution < -0.4 is 5.32 Å². The third-order valence-corrected chi connectivity index (χ3v) is 3.65. The molecular formula is C14H31N3O. The zero-order valence-corrected chi connectivity index (χ0v) is 12.9. The lowest BCUT2D eigenvalue weighted by atomic mass is 10.1. The molecule has 1 aliphatic heterocycles. The van der Waals surface area contributed by atoms with Gasteiger partial charge in [-0.3, -0.25) is 4.90 Å². The standard InChI is InChI=1S/C14H31N3O/c1-11-8-17(10-13(11)16(5)6)9-12(18)7-15-14(2,3)4/h11-13,15,18H,7-10H2,1-6H3. The number of rotatable bonds is 5. The predicted octanol–water partition coefficient (Wildman–Crippen LogP) is 0.617.